The summed E-state index contributed by atoms with van der Waals surface area (Å²) < 4.78 is 14.8. The second-order valence-corrected chi connectivity index (χ2v) is 6.65. The first kappa shape index (κ1) is 23.6. The van der Waals surface area contributed by atoms with Crippen molar-refractivity contribution in [2.75, 3.05) is 23.8 Å². The van der Waals surface area contributed by atoms with Gasteiger partial charge in [-0.2, -0.15) is 0 Å². The molecule has 0 spiro atoms. The smallest absolute Gasteiger partial charge is 0.338 e. The van der Waals surface area contributed by atoms with Crippen LogP contribution in [0.3, 0.4) is 0 Å². The number of rotatable bonds is 11. The molecule has 0 saturated carbocycles. The van der Waals surface area contributed by atoms with Crippen LogP contribution in [0.1, 0.15) is 48.7 Å². The number of esters is 2. The second-order valence-electron chi connectivity index (χ2n) is 6.65. The molecule has 0 aliphatic heterocycles. The zero-order chi connectivity index (χ0) is 22.6. The molecule has 10 nitrogen and oxygen atoms in total. The zero-order valence-electron chi connectivity index (χ0n) is 17.4. The number of hydrogen-bond donors (Lipinski definition) is 2. The summed E-state index contributed by atoms with van der Waals surface area (Å²) in [5, 5.41) is 8.60. The number of aryl methyl sites for hydroxylation is 1. The Morgan fingerprint density at radius 3 is 2.55 bits per heavy atom. The molecule has 0 saturated heterocycles. The number of benzene rings is 1. The van der Waals surface area contributed by atoms with Gasteiger partial charge >= 0.3 is 11.9 Å². The molecule has 10 heteroatoms. The summed E-state index contributed by atoms with van der Waals surface area (Å²) in [5.41, 5.74) is 0.729. The average molecular weight is 431 g/mol. The zero-order valence-corrected chi connectivity index (χ0v) is 17.4. The van der Waals surface area contributed by atoms with Crippen LogP contribution in [0.4, 0.5) is 11.5 Å². The summed E-state index contributed by atoms with van der Waals surface area (Å²) in [6.45, 7) is 3.50. The van der Waals surface area contributed by atoms with E-state index in [1.807, 2.05) is 6.92 Å². The summed E-state index contributed by atoms with van der Waals surface area (Å²) in [7, 11) is 0. The quantitative estimate of drug-likeness (QED) is 0.409. The number of carbonyl (C=O) groups excluding carboxylic acids is 4. The lowest BCUT2D eigenvalue weighted by Crippen LogP contribution is -2.22. The van der Waals surface area contributed by atoms with Crippen molar-refractivity contribution in [3.05, 3.63) is 41.7 Å². The number of hydrogen-bond acceptors (Lipinski definition) is 8. The van der Waals surface area contributed by atoms with Crippen LogP contribution in [0.15, 0.2) is 34.9 Å². The minimum atomic E-state index is -0.699. The van der Waals surface area contributed by atoms with Gasteiger partial charge in [-0.15, -0.1) is 0 Å². The highest BCUT2D eigenvalue weighted by molar-refractivity contribution is 5.96. The fraction of sp³-hybridized carbons (Fsp3) is 0.381. The van der Waals surface area contributed by atoms with Gasteiger partial charge in [-0.25, -0.2) is 4.79 Å². The van der Waals surface area contributed by atoms with E-state index in [0.717, 1.165) is 12.8 Å². The van der Waals surface area contributed by atoms with Crippen molar-refractivity contribution in [2.45, 2.75) is 39.5 Å². The van der Waals surface area contributed by atoms with Crippen molar-refractivity contribution in [1.82, 2.24) is 5.16 Å². The molecule has 1 aromatic heterocycles. The van der Waals surface area contributed by atoms with E-state index in [4.69, 9.17) is 14.0 Å². The molecular weight excluding hydrogens is 406 g/mol. The van der Waals surface area contributed by atoms with Crippen LogP contribution in [0, 0.1) is 6.92 Å². The Morgan fingerprint density at radius 2 is 1.84 bits per heavy atom. The lowest BCUT2D eigenvalue weighted by atomic mass is 10.2. The molecule has 2 rings (SSSR count). The third-order valence-electron chi connectivity index (χ3n) is 3.93. The SMILES string of the molecule is CCCCOC(=O)c1cccc(NC(=O)CCC(=O)OCC(=O)Nc2cc(C)on2)c1. The van der Waals surface area contributed by atoms with Crippen molar-refractivity contribution >= 4 is 35.3 Å². The van der Waals surface area contributed by atoms with Crippen LogP contribution in [0.25, 0.3) is 0 Å². The lowest BCUT2D eigenvalue weighted by Gasteiger charge is -2.08. The van der Waals surface area contributed by atoms with E-state index < -0.39 is 30.4 Å². The number of anilines is 2. The van der Waals surface area contributed by atoms with Gasteiger partial charge in [-0.1, -0.05) is 24.6 Å². The van der Waals surface area contributed by atoms with Crippen LogP contribution in [0.2, 0.25) is 0 Å². The number of nitrogens with one attached hydrogen (secondary N) is 2. The predicted molar refractivity (Wildman–Crippen MR) is 110 cm³/mol. The molecule has 2 aromatic rings. The van der Waals surface area contributed by atoms with Crippen molar-refractivity contribution in [1.29, 1.82) is 0 Å². The Labute approximate surface area is 179 Å². The van der Waals surface area contributed by atoms with Gasteiger partial charge in [0, 0.05) is 18.2 Å². The molecular formula is C21H25N3O7. The van der Waals surface area contributed by atoms with E-state index in [-0.39, 0.29) is 18.7 Å². The maximum Gasteiger partial charge on any atom is 0.338 e. The molecule has 0 unspecified atom stereocenters. The van der Waals surface area contributed by atoms with Crippen LogP contribution in [-0.2, 0) is 23.9 Å². The van der Waals surface area contributed by atoms with Gasteiger partial charge in [0.15, 0.2) is 12.4 Å². The summed E-state index contributed by atoms with van der Waals surface area (Å²) in [5.74, 6) is -1.43. The third-order valence-corrected chi connectivity index (χ3v) is 3.93. The largest absolute Gasteiger partial charge is 0.462 e. The standard InChI is InChI=1S/C21H25N3O7/c1-3-4-10-29-21(28)15-6-5-7-16(12-15)22-18(25)8-9-20(27)30-13-19(26)23-17-11-14(2)31-24-17/h5-7,11-12H,3-4,8-10,13H2,1-2H3,(H,22,25)(H,23,24,26). The number of carbonyl (C=O) groups is 4. The monoisotopic (exact) mass is 431 g/mol. The molecule has 0 radical (unpaired) electrons. The molecule has 0 bridgehead atoms. The third kappa shape index (κ3) is 8.69. The average Bonchev–Trinajstić information content (AvgIpc) is 3.15. The highest BCUT2D eigenvalue weighted by atomic mass is 16.5. The molecule has 2 amide bonds. The summed E-state index contributed by atoms with van der Waals surface area (Å²) >= 11 is 0. The maximum absolute atomic E-state index is 12.1. The highest BCUT2D eigenvalue weighted by Crippen LogP contribution is 2.13. The van der Waals surface area contributed by atoms with Crippen LogP contribution >= 0.6 is 0 Å². The number of nitrogens with zero attached hydrogens (tertiary/aromatic N) is 1. The Hall–Kier alpha value is -3.69. The maximum atomic E-state index is 12.1. The predicted octanol–water partition coefficient (Wildman–Crippen LogP) is 2.84. The van der Waals surface area contributed by atoms with E-state index in [1.54, 1.807) is 25.1 Å². The molecule has 1 heterocycles. The molecule has 2 N–H and O–H groups in total. The van der Waals surface area contributed by atoms with Crippen molar-refractivity contribution in [3.8, 4) is 0 Å². The molecule has 166 valence electrons. The van der Waals surface area contributed by atoms with Crippen LogP contribution in [0.5, 0.6) is 0 Å². The highest BCUT2D eigenvalue weighted by Gasteiger charge is 2.13. The van der Waals surface area contributed by atoms with E-state index in [2.05, 4.69) is 15.8 Å². The van der Waals surface area contributed by atoms with Crippen LogP contribution < -0.4 is 10.6 Å². The van der Waals surface area contributed by atoms with Gasteiger partial charge in [0.2, 0.25) is 5.91 Å². The van der Waals surface area contributed by atoms with Gasteiger partial charge in [-0.3, -0.25) is 14.4 Å². The molecule has 31 heavy (non-hydrogen) atoms. The van der Waals surface area contributed by atoms with Crippen molar-refractivity contribution in [3.63, 3.8) is 0 Å². The number of unbranched alkanes of at least 4 members (excludes halogenated alkanes) is 1. The first-order valence-corrected chi connectivity index (χ1v) is 9.83. The Morgan fingerprint density at radius 1 is 1.03 bits per heavy atom. The molecule has 0 aliphatic carbocycles. The van der Waals surface area contributed by atoms with Crippen LogP contribution in [-0.4, -0.2) is 42.1 Å². The topological polar surface area (TPSA) is 137 Å². The Bertz CT molecular complexity index is 923. The number of aromatic nitrogens is 1. The Balaban J connectivity index is 1.71. The molecule has 0 fully saturated rings. The lowest BCUT2D eigenvalue weighted by molar-refractivity contribution is -0.147. The van der Waals surface area contributed by atoms with Gasteiger partial charge in [-0.05, 0) is 31.5 Å². The van der Waals surface area contributed by atoms with Gasteiger partial charge < -0.3 is 24.6 Å². The van der Waals surface area contributed by atoms with Gasteiger partial charge in [0.25, 0.3) is 5.91 Å². The molecule has 0 aliphatic rings. The van der Waals surface area contributed by atoms with E-state index in [9.17, 15) is 19.2 Å². The number of amides is 2. The van der Waals surface area contributed by atoms with E-state index >= 15 is 0 Å². The first-order chi connectivity index (χ1) is 14.9. The fourth-order valence-corrected chi connectivity index (χ4v) is 2.38. The molecule has 1 aromatic carbocycles. The van der Waals surface area contributed by atoms with Gasteiger partial charge in [0.05, 0.1) is 18.6 Å². The normalized spacial score (nSPS) is 10.3. The fourth-order valence-electron chi connectivity index (χ4n) is 2.38. The van der Waals surface area contributed by atoms with Gasteiger partial charge in [0.1, 0.15) is 5.76 Å². The van der Waals surface area contributed by atoms with Crippen molar-refractivity contribution in [2.24, 2.45) is 0 Å². The second kappa shape index (κ2) is 12.1. The summed E-state index contributed by atoms with van der Waals surface area (Å²) in [4.78, 5) is 47.5. The Kier molecular flexibility index (Phi) is 9.21. The van der Waals surface area contributed by atoms with E-state index in [1.165, 1.54) is 12.1 Å². The molecule has 0 atom stereocenters. The summed E-state index contributed by atoms with van der Waals surface area (Å²) in [6.07, 6.45) is 1.34. The minimum Gasteiger partial charge on any atom is -0.462 e. The minimum absolute atomic E-state index is 0.145. The number of ether oxygens (including phenoxy) is 2. The first-order valence-electron chi connectivity index (χ1n) is 9.83. The van der Waals surface area contributed by atoms with Crippen molar-refractivity contribution < 1.29 is 33.2 Å². The summed E-state index contributed by atoms with van der Waals surface area (Å²) in [6, 6.07) is 7.85. The van der Waals surface area contributed by atoms with E-state index in [0.29, 0.717) is 23.6 Å².